The van der Waals surface area contributed by atoms with Gasteiger partial charge in [0, 0.05) is 0 Å². The molecule has 16 unspecified atom stereocenters. The van der Waals surface area contributed by atoms with Crippen LogP contribution in [0.5, 0.6) is 0 Å². The van der Waals surface area contributed by atoms with Crippen molar-refractivity contribution in [1.82, 2.24) is 0 Å². The number of allylic oxidation sites excluding steroid dienone is 9. The van der Waals surface area contributed by atoms with E-state index < -0.39 is 41.7 Å². The van der Waals surface area contributed by atoms with E-state index in [1.807, 2.05) is 6.92 Å². The molecule has 0 aromatic heterocycles. The van der Waals surface area contributed by atoms with Crippen molar-refractivity contribution in [1.29, 1.82) is 0 Å². The zero-order valence-electron chi connectivity index (χ0n) is 90.7. The van der Waals surface area contributed by atoms with E-state index in [9.17, 15) is 0 Å². The van der Waals surface area contributed by atoms with Gasteiger partial charge in [-0.25, -0.2) is 0 Å². The number of halogens is 4. The van der Waals surface area contributed by atoms with E-state index in [-0.39, 0.29) is 40.5 Å². The summed E-state index contributed by atoms with van der Waals surface area (Å²) >= 11 is -1.65. The Kier molecular flexibility index (Phi) is 68.5. The summed E-state index contributed by atoms with van der Waals surface area (Å²) in [4.78, 5) is 0. The Hall–Kier alpha value is 0.846. The molecule has 21 atom stereocenters. The Labute approximate surface area is 815 Å². The molecule has 1 aromatic carbocycles. The minimum atomic E-state index is -0.826. The Morgan fingerprint density at radius 3 is 0.780 bits per heavy atom. The molecule has 7 rings (SSSR count). The average molecular weight is 1950 g/mol. The van der Waals surface area contributed by atoms with Gasteiger partial charge < -0.3 is 29.7 Å². The van der Waals surface area contributed by atoms with Gasteiger partial charge in [0.1, 0.15) is 0 Å². The first kappa shape index (κ1) is 130. The van der Waals surface area contributed by atoms with E-state index >= 15 is 0 Å². The van der Waals surface area contributed by atoms with Gasteiger partial charge in [-0.2, -0.15) is 0 Å². The van der Waals surface area contributed by atoms with E-state index in [2.05, 4.69) is 343 Å². The Balaban J connectivity index is -0.000000856. The number of hydrogen-bond donors (Lipinski definition) is 0. The first-order valence-corrected chi connectivity index (χ1v) is 63.1. The van der Waals surface area contributed by atoms with Crippen LogP contribution in [0.2, 0.25) is 0 Å². The van der Waals surface area contributed by atoms with Gasteiger partial charge in [0.15, 0.2) is 0 Å². The molecule has 0 heterocycles. The summed E-state index contributed by atoms with van der Waals surface area (Å²) in [5.74, 6) is 29.8. The molecular formula is C117H218Cl4Zr2. The van der Waals surface area contributed by atoms with Crippen LogP contribution < -0.4 is 0 Å². The average Bonchev–Trinajstić information content (AvgIpc) is 1.58. The van der Waals surface area contributed by atoms with Gasteiger partial charge in [0.25, 0.3) is 0 Å². The number of rotatable bonds is 35. The zero-order chi connectivity index (χ0) is 91.6. The van der Waals surface area contributed by atoms with Crippen molar-refractivity contribution < 1.29 is 41.7 Å². The number of fused-ring (bicyclic) bond motifs is 3. The molecule has 4 saturated carbocycles. The third-order valence-corrected chi connectivity index (χ3v) is 32.0. The molecule has 4 fully saturated rings. The van der Waals surface area contributed by atoms with E-state index in [4.69, 9.17) is 34.1 Å². The van der Waals surface area contributed by atoms with Gasteiger partial charge in [-0.15, -0.1) is 6.58 Å². The SMILES string of the molecule is C=CC.CC(C)CC(C)CC(C)CC(C)CC(C)CC(C[C@@H](C)CC(C)C)C[C@H](C)C[C@H](C)C[C@H](C)CC(CC(C)C)CC(C)CC(C)CC(C)CC(C)C.CC1C(C)C(C)C(C)C1C.CC1C(C)C(C)C(C)C1C.CC1CC(C(C)(C)C)CC1[C@@H](c1ccccc1)C1C2C=CC(C(C)(C)C)=CC2C2C=C(C(C)(C)C)C=CC21.[CH3-].[CH3-].[CH3-].[CH3-].[Cl][Zr+2][Cl].[Cl][Zr+2][Cl]. The van der Waals surface area contributed by atoms with Crippen LogP contribution in [0.1, 0.15) is 404 Å². The standard InChI is InChI=1S/C52H106.C38H54.2C10H20.C3H6.4CH3.4ClH.2Zr/c1-36(2)20-40(9)24-43(12)26-45(14)28-49(18)34-52(31-42(11)22-38(5)6)35-50(19)30-46(15)29-48(17)33-51(23-39(7)8)32-47(16)27-44(13)25-41(10)21-37(3)4;1-24-20-28(38(8,9)10)23-31(24)34(25-14-12-11-13-15-25)35-29-18-16-26(36(2,3)4)21-32(29)33-22-27(37(5,6)7)17-19-30(33)35;2*1-6-7(2)9(4)10(5)8(6)3;1-3-2;;;;;;;;;;/h36-52H,20-35H2,1-19H3;11-19,21-22,24,28-35H,20,23H2,1-10H3;2*6-10H,1-5H3;3H,1H2,2H3;4*1H3;4*1H;;/q;;;;;4*-1;;;;;2*+4/p-4/t40?,41?,42-,43?,44?,45?,46+,47?,48-,49?,50+,51?,52?;24?,28?,29?,30?,31?,32?,33?,34-,35?;;;;;;;;;;;;;/m01............./s1. The zero-order valence-corrected chi connectivity index (χ0v) is 98.6. The Morgan fingerprint density at radius 2 is 0.561 bits per heavy atom. The van der Waals surface area contributed by atoms with Crippen molar-refractivity contribution in [2.45, 2.75) is 398 Å². The molecule has 0 radical (unpaired) electrons. The molecule has 0 amide bonds. The summed E-state index contributed by atoms with van der Waals surface area (Å²) in [5.41, 5.74) is 5.40. The van der Waals surface area contributed by atoms with E-state index in [1.165, 1.54) is 127 Å². The Bertz CT molecular complexity index is 2720. The van der Waals surface area contributed by atoms with Crippen LogP contribution in [0.3, 0.4) is 0 Å². The van der Waals surface area contributed by atoms with Crippen molar-refractivity contribution in [2.24, 2.45) is 223 Å². The first-order valence-electron chi connectivity index (χ1n) is 50.4. The molecule has 6 aliphatic rings. The molecule has 6 heteroatoms. The van der Waals surface area contributed by atoms with Crippen molar-refractivity contribution in [2.75, 3.05) is 0 Å². The summed E-state index contributed by atoms with van der Waals surface area (Å²) in [6.07, 6.45) is 43.0. The normalized spacial score (nSPS) is 29.0. The minimum absolute atomic E-state index is 0. The molecule has 123 heavy (non-hydrogen) atoms. The van der Waals surface area contributed by atoms with Crippen molar-refractivity contribution in [3.63, 3.8) is 0 Å². The molecule has 6 aliphatic carbocycles. The second-order valence-electron chi connectivity index (χ2n) is 48.8. The molecule has 0 aliphatic heterocycles. The van der Waals surface area contributed by atoms with Crippen molar-refractivity contribution in [3.05, 3.63) is 126 Å². The molecule has 0 nitrogen and oxygen atoms in total. The van der Waals surface area contributed by atoms with E-state index in [0.29, 0.717) is 40.9 Å². The van der Waals surface area contributed by atoms with Crippen LogP contribution in [0.25, 0.3) is 0 Å². The summed E-state index contributed by atoms with van der Waals surface area (Å²) in [6, 6.07) is 11.7. The van der Waals surface area contributed by atoms with Crippen LogP contribution in [0.15, 0.2) is 90.6 Å². The Morgan fingerprint density at radius 1 is 0.341 bits per heavy atom. The van der Waals surface area contributed by atoms with Gasteiger partial charge >= 0.3 is 75.7 Å². The second-order valence-corrected chi connectivity index (χ2v) is 56.3. The third-order valence-electron chi connectivity index (χ3n) is 32.0. The van der Waals surface area contributed by atoms with Crippen molar-refractivity contribution >= 4 is 34.1 Å². The molecular weight excluding hydrogens is 1730 g/mol. The topological polar surface area (TPSA) is 0 Å². The fourth-order valence-corrected chi connectivity index (χ4v) is 25.8. The maximum atomic E-state index is 4.93. The monoisotopic (exact) mass is 1940 g/mol. The van der Waals surface area contributed by atoms with Crippen molar-refractivity contribution in [3.8, 4) is 0 Å². The number of hydrogen-bond acceptors (Lipinski definition) is 0. The number of benzene rings is 1. The summed E-state index contributed by atoms with van der Waals surface area (Å²) in [6.45, 7) is 101. The summed E-state index contributed by atoms with van der Waals surface area (Å²) in [5, 5.41) is 0. The van der Waals surface area contributed by atoms with E-state index in [0.717, 1.165) is 178 Å². The summed E-state index contributed by atoms with van der Waals surface area (Å²) < 4.78 is 0. The van der Waals surface area contributed by atoms with Crippen LogP contribution >= 0.6 is 34.1 Å². The predicted molar refractivity (Wildman–Crippen MR) is 562 cm³/mol. The van der Waals surface area contributed by atoms with Crippen LogP contribution in [0, 0.1) is 253 Å². The van der Waals surface area contributed by atoms with Crippen LogP contribution in [-0.2, 0) is 41.7 Å². The van der Waals surface area contributed by atoms with Gasteiger partial charge in [-0.05, 0) is 368 Å². The summed E-state index contributed by atoms with van der Waals surface area (Å²) in [7, 11) is 19.7. The fraction of sp³-hybridized carbons (Fsp3) is 0.829. The van der Waals surface area contributed by atoms with Crippen LogP contribution in [-0.4, -0.2) is 0 Å². The molecule has 0 bridgehead atoms. The van der Waals surface area contributed by atoms with Gasteiger partial charge in [-0.3, -0.25) is 0 Å². The molecule has 722 valence electrons. The third kappa shape index (κ3) is 48.2. The fourth-order valence-electron chi connectivity index (χ4n) is 25.8. The van der Waals surface area contributed by atoms with Gasteiger partial charge in [0.2, 0.25) is 0 Å². The maximum absolute atomic E-state index is 4.93. The predicted octanol–water partition coefficient (Wildman–Crippen LogP) is 40.8. The van der Waals surface area contributed by atoms with Gasteiger partial charge in [-0.1, -0.05) is 343 Å². The van der Waals surface area contributed by atoms with Crippen LogP contribution in [0.4, 0.5) is 0 Å². The second kappa shape index (κ2) is 64.7. The van der Waals surface area contributed by atoms with Gasteiger partial charge in [0.05, 0.1) is 0 Å². The molecule has 0 spiro atoms. The molecule has 0 N–H and O–H groups in total. The first-order chi connectivity index (χ1) is 55.0. The quantitative estimate of drug-likeness (QED) is 0.0469. The molecule has 1 aromatic rings. The molecule has 0 saturated heterocycles. The van der Waals surface area contributed by atoms with E-state index in [1.54, 1.807) is 11.6 Å².